The first-order valence-electron chi connectivity index (χ1n) is 7.64. The Bertz CT molecular complexity index is 442. The molecule has 3 rings (SSSR count). The van der Waals surface area contributed by atoms with Gasteiger partial charge in [-0.25, -0.2) is 0 Å². The van der Waals surface area contributed by atoms with E-state index in [0.717, 1.165) is 55.4 Å². The van der Waals surface area contributed by atoms with Crippen molar-refractivity contribution < 1.29 is 4.74 Å². The summed E-state index contributed by atoms with van der Waals surface area (Å²) in [6.45, 7) is 5.05. The van der Waals surface area contributed by atoms with Crippen LogP contribution in [0.1, 0.15) is 24.8 Å². The lowest BCUT2D eigenvalue weighted by Crippen LogP contribution is -2.24. The van der Waals surface area contributed by atoms with Crippen molar-refractivity contribution in [3.63, 3.8) is 0 Å². The number of nitrogens with one attached hydrogen (secondary N) is 2. The van der Waals surface area contributed by atoms with E-state index in [9.17, 15) is 0 Å². The van der Waals surface area contributed by atoms with E-state index >= 15 is 0 Å². The number of hydrogen-bond acceptors (Lipinski definition) is 3. The minimum atomic E-state index is 0.750. The molecule has 1 saturated heterocycles. The SMILES string of the molecule is Clc1ccc(CNCC2CCNC2)c(OCC2CC2)c1. The highest BCUT2D eigenvalue weighted by atomic mass is 35.5. The smallest absolute Gasteiger partial charge is 0.125 e. The van der Waals surface area contributed by atoms with E-state index in [-0.39, 0.29) is 0 Å². The maximum atomic E-state index is 6.08. The highest BCUT2D eigenvalue weighted by Crippen LogP contribution is 2.31. The van der Waals surface area contributed by atoms with Crippen LogP contribution in [0.3, 0.4) is 0 Å². The fourth-order valence-electron chi connectivity index (χ4n) is 2.60. The predicted octanol–water partition coefficient (Wildman–Crippen LogP) is 2.83. The molecule has 1 aliphatic heterocycles. The van der Waals surface area contributed by atoms with Crippen molar-refractivity contribution >= 4 is 11.6 Å². The molecule has 4 heteroatoms. The number of rotatable bonds is 7. The van der Waals surface area contributed by atoms with Crippen LogP contribution in [0, 0.1) is 11.8 Å². The molecule has 3 nitrogen and oxygen atoms in total. The van der Waals surface area contributed by atoms with E-state index in [1.54, 1.807) is 0 Å². The topological polar surface area (TPSA) is 33.3 Å². The average Bonchev–Trinajstić information content (AvgIpc) is 3.13. The first-order chi connectivity index (χ1) is 9.81. The van der Waals surface area contributed by atoms with Gasteiger partial charge in [0.15, 0.2) is 0 Å². The highest BCUT2D eigenvalue weighted by molar-refractivity contribution is 6.30. The fraction of sp³-hybridized carbons (Fsp3) is 0.625. The van der Waals surface area contributed by atoms with Crippen LogP contribution in [0.4, 0.5) is 0 Å². The van der Waals surface area contributed by atoms with Gasteiger partial charge < -0.3 is 15.4 Å². The molecule has 1 atom stereocenters. The van der Waals surface area contributed by atoms with E-state index in [0.29, 0.717) is 0 Å². The Kier molecular flexibility index (Phi) is 4.81. The second kappa shape index (κ2) is 6.79. The van der Waals surface area contributed by atoms with Crippen molar-refractivity contribution in [2.24, 2.45) is 11.8 Å². The van der Waals surface area contributed by atoms with Crippen LogP contribution in [0.15, 0.2) is 18.2 Å². The lowest BCUT2D eigenvalue weighted by Gasteiger charge is -2.14. The molecule has 1 unspecified atom stereocenters. The summed E-state index contributed by atoms with van der Waals surface area (Å²) in [5, 5.41) is 7.69. The monoisotopic (exact) mass is 294 g/mol. The first-order valence-corrected chi connectivity index (χ1v) is 8.02. The molecule has 2 N–H and O–H groups in total. The number of halogens is 1. The van der Waals surface area contributed by atoms with Gasteiger partial charge in [-0.2, -0.15) is 0 Å². The summed E-state index contributed by atoms with van der Waals surface area (Å²) in [4.78, 5) is 0. The molecule has 2 aliphatic rings. The van der Waals surface area contributed by atoms with E-state index in [4.69, 9.17) is 16.3 Å². The molecule has 0 bridgehead atoms. The van der Waals surface area contributed by atoms with Gasteiger partial charge >= 0.3 is 0 Å². The summed E-state index contributed by atoms with van der Waals surface area (Å²) >= 11 is 6.08. The van der Waals surface area contributed by atoms with Gasteiger partial charge in [0.25, 0.3) is 0 Å². The van der Waals surface area contributed by atoms with Gasteiger partial charge in [-0.15, -0.1) is 0 Å². The summed E-state index contributed by atoms with van der Waals surface area (Å²) in [5.41, 5.74) is 1.21. The number of benzene rings is 1. The van der Waals surface area contributed by atoms with Crippen molar-refractivity contribution in [2.75, 3.05) is 26.2 Å². The van der Waals surface area contributed by atoms with Gasteiger partial charge in [0.2, 0.25) is 0 Å². The van der Waals surface area contributed by atoms with Crippen molar-refractivity contribution in [2.45, 2.75) is 25.8 Å². The van der Waals surface area contributed by atoms with Crippen molar-refractivity contribution in [1.82, 2.24) is 10.6 Å². The maximum absolute atomic E-state index is 6.08. The molecule has 1 aromatic carbocycles. The van der Waals surface area contributed by atoms with Crippen LogP contribution < -0.4 is 15.4 Å². The van der Waals surface area contributed by atoms with Crippen LogP contribution in [0.2, 0.25) is 5.02 Å². The molecule has 0 radical (unpaired) electrons. The molecule has 0 aromatic heterocycles. The molecule has 1 aromatic rings. The summed E-state index contributed by atoms with van der Waals surface area (Å²) in [6, 6.07) is 5.96. The van der Waals surface area contributed by atoms with Gasteiger partial charge in [0.05, 0.1) is 6.61 Å². The molecule has 0 amide bonds. The maximum Gasteiger partial charge on any atom is 0.125 e. The first kappa shape index (κ1) is 14.2. The molecular weight excluding hydrogens is 272 g/mol. The second-order valence-corrected chi connectivity index (χ2v) is 6.43. The molecule has 110 valence electrons. The van der Waals surface area contributed by atoms with Crippen LogP contribution in [-0.2, 0) is 6.54 Å². The van der Waals surface area contributed by atoms with Crippen LogP contribution in [-0.4, -0.2) is 26.2 Å². The van der Waals surface area contributed by atoms with Gasteiger partial charge in [-0.1, -0.05) is 17.7 Å². The molecule has 1 heterocycles. The van der Waals surface area contributed by atoms with E-state index < -0.39 is 0 Å². The molecule has 2 fully saturated rings. The molecule has 1 saturated carbocycles. The zero-order chi connectivity index (χ0) is 13.8. The minimum absolute atomic E-state index is 0.750. The Balaban J connectivity index is 1.52. The largest absolute Gasteiger partial charge is 0.493 e. The second-order valence-electron chi connectivity index (χ2n) is 6.00. The lowest BCUT2D eigenvalue weighted by molar-refractivity contribution is 0.296. The van der Waals surface area contributed by atoms with Gasteiger partial charge in [-0.3, -0.25) is 0 Å². The molecule has 20 heavy (non-hydrogen) atoms. The summed E-state index contributed by atoms with van der Waals surface area (Å²) in [6.07, 6.45) is 3.89. The highest BCUT2D eigenvalue weighted by Gasteiger charge is 2.22. The van der Waals surface area contributed by atoms with Crippen molar-refractivity contribution in [3.8, 4) is 5.75 Å². The number of hydrogen-bond donors (Lipinski definition) is 2. The lowest BCUT2D eigenvalue weighted by atomic mass is 10.1. The quantitative estimate of drug-likeness (QED) is 0.811. The summed E-state index contributed by atoms with van der Waals surface area (Å²) in [5.74, 6) is 2.47. The predicted molar refractivity (Wildman–Crippen MR) is 82.4 cm³/mol. The summed E-state index contributed by atoms with van der Waals surface area (Å²) in [7, 11) is 0. The van der Waals surface area contributed by atoms with Crippen molar-refractivity contribution in [1.29, 1.82) is 0 Å². The van der Waals surface area contributed by atoms with E-state index in [1.165, 1.54) is 24.8 Å². The Labute approximate surface area is 126 Å². The van der Waals surface area contributed by atoms with E-state index in [1.807, 2.05) is 12.1 Å². The Morgan fingerprint density at radius 1 is 1.25 bits per heavy atom. The molecule has 0 spiro atoms. The number of ether oxygens (including phenoxy) is 1. The molecule has 1 aliphatic carbocycles. The van der Waals surface area contributed by atoms with Gasteiger partial charge in [0.1, 0.15) is 5.75 Å². The average molecular weight is 295 g/mol. The summed E-state index contributed by atoms with van der Waals surface area (Å²) < 4.78 is 5.93. The fourth-order valence-corrected chi connectivity index (χ4v) is 2.76. The zero-order valence-electron chi connectivity index (χ0n) is 11.8. The van der Waals surface area contributed by atoms with Gasteiger partial charge in [0, 0.05) is 17.1 Å². The Morgan fingerprint density at radius 3 is 2.90 bits per heavy atom. The molecular formula is C16H23ClN2O. The third-order valence-corrected chi connectivity index (χ3v) is 4.35. The van der Waals surface area contributed by atoms with Crippen LogP contribution in [0.5, 0.6) is 5.75 Å². The van der Waals surface area contributed by atoms with Crippen LogP contribution >= 0.6 is 11.6 Å². The van der Waals surface area contributed by atoms with Gasteiger partial charge in [-0.05, 0) is 62.9 Å². The third kappa shape index (κ3) is 4.11. The minimum Gasteiger partial charge on any atom is -0.493 e. The van der Waals surface area contributed by atoms with E-state index in [2.05, 4.69) is 16.7 Å². The Morgan fingerprint density at radius 2 is 2.15 bits per heavy atom. The standard InChI is InChI=1S/C16H23ClN2O/c17-15-4-3-14(10-19-9-13-5-6-18-8-13)16(7-15)20-11-12-1-2-12/h3-4,7,12-13,18-19H,1-2,5-6,8-11H2. The third-order valence-electron chi connectivity index (χ3n) is 4.11. The normalized spacial score (nSPS) is 22.1. The van der Waals surface area contributed by atoms with Crippen LogP contribution in [0.25, 0.3) is 0 Å². The Hall–Kier alpha value is -0.770. The van der Waals surface area contributed by atoms with Crippen molar-refractivity contribution in [3.05, 3.63) is 28.8 Å². The zero-order valence-corrected chi connectivity index (χ0v) is 12.6.